The molecule has 0 bridgehead atoms. The Hall–Kier alpha value is -2.95. The molecule has 4 rings (SSSR count). The lowest BCUT2D eigenvalue weighted by Crippen LogP contribution is -2.50. The maximum atomic E-state index is 13.3. The maximum absolute atomic E-state index is 13.3. The molecule has 1 saturated heterocycles. The Morgan fingerprint density at radius 2 is 2.03 bits per heavy atom. The van der Waals surface area contributed by atoms with Gasteiger partial charge in [0.05, 0.1) is 17.2 Å². The first-order chi connectivity index (χ1) is 16.2. The van der Waals surface area contributed by atoms with Crippen molar-refractivity contribution in [3.8, 4) is 0 Å². The molecule has 1 aromatic heterocycles. The number of fused-ring (bicyclic) bond motifs is 1. The van der Waals surface area contributed by atoms with Gasteiger partial charge in [0.1, 0.15) is 18.2 Å². The lowest BCUT2D eigenvalue weighted by Gasteiger charge is -2.40. The largest absolute Gasteiger partial charge is 0.416 e. The summed E-state index contributed by atoms with van der Waals surface area (Å²) in [6.07, 6.45) is -0.337. The van der Waals surface area contributed by atoms with Crippen LogP contribution in [0.5, 0.6) is 0 Å². The topological polar surface area (TPSA) is 96.4 Å². The van der Waals surface area contributed by atoms with E-state index < -0.39 is 17.8 Å². The molecule has 2 heterocycles. The Balaban J connectivity index is 1.52. The smallest absolute Gasteiger partial charge is 0.381 e. The van der Waals surface area contributed by atoms with Gasteiger partial charge in [0.15, 0.2) is 0 Å². The molecule has 2 amide bonds. The van der Waals surface area contributed by atoms with Gasteiger partial charge in [-0.3, -0.25) is 9.59 Å². The van der Waals surface area contributed by atoms with Gasteiger partial charge in [-0.2, -0.15) is 13.2 Å². The number of hydrogen-bond donors (Lipinski definition) is 2. The minimum Gasteiger partial charge on any atom is -0.381 e. The minimum atomic E-state index is -4.49. The lowest BCUT2D eigenvalue weighted by atomic mass is 9.81. The molecule has 4 atom stereocenters. The number of hydrogen-bond acceptors (Lipinski definition) is 6. The summed E-state index contributed by atoms with van der Waals surface area (Å²) in [5.74, 6) is 0.0144. The van der Waals surface area contributed by atoms with E-state index in [9.17, 15) is 22.8 Å². The minimum absolute atomic E-state index is 0.0449. The third-order valence-electron chi connectivity index (χ3n) is 6.75. The number of halogens is 3. The number of carbonyl (C=O) groups is 2. The molecule has 34 heavy (non-hydrogen) atoms. The van der Waals surface area contributed by atoms with Gasteiger partial charge in [0.2, 0.25) is 11.8 Å². The van der Waals surface area contributed by atoms with Gasteiger partial charge in [-0.05, 0) is 49.8 Å². The van der Waals surface area contributed by atoms with Crippen LogP contribution in [0.3, 0.4) is 0 Å². The highest BCUT2D eigenvalue weighted by Crippen LogP contribution is 2.35. The highest BCUT2D eigenvalue weighted by molar-refractivity contribution is 5.93. The maximum Gasteiger partial charge on any atom is 0.416 e. The van der Waals surface area contributed by atoms with Crippen LogP contribution >= 0.6 is 0 Å². The average Bonchev–Trinajstić information content (AvgIpc) is 3.16. The first-order valence-corrected chi connectivity index (χ1v) is 11.3. The molecule has 184 valence electrons. The normalized spacial score (nSPS) is 25.6. The zero-order valence-corrected chi connectivity index (χ0v) is 19.1. The van der Waals surface area contributed by atoms with Crippen molar-refractivity contribution in [2.75, 3.05) is 25.5 Å². The fraction of sp³-hybridized carbons (Fsp3) is 0.565. The van der Waals surface area contributed by atoms with E-state index in [1.807, 2.05) is 4.90 Å². The Morgan fingerprint density at radius 1 is 1.24 bits per heavy atom. The van der Waals surface area contributed by atoms with Crippen LogP contribution in [0.25, 0.3) is 10.9 Å². The number of ether oxygens (including phenoxy) is 1. The third kappa shape index (κ3) is 5.08. The van der Waals surface area contributed by atoms with Crippen molar-refractivity contribution < 1.29 is 27.5 Å². The molecule has 1 aromatic carbocycles. The van der Waals surface area contributed by atoms with E-state index in [4.69, 9.17) is 4.74 Å². The SMILES string of the molecule is CO[C@@H]1CC[C@H](N2CCC(Nc3ncnc4ccc(C(F)(F)F)cc34)C2=O)[C@H](CNC(C)=O)C1. The highest BCUT2D eigenvalue weighted by Gasteiger charge is 2.42. The number of nitrogens with zero attached hydrogens (tertiary/aromatic N) is 3. The zero-order valence-electron chi connectivity index (χ0n) is 19.1. The molecule has 2 aromatic rings. The number of nitrogens with one attached hydrogen (secondary N) is 2. The summed E-state index contributed by atoms with van der Waals surface area (Å²) in [5.41, 5.74) is -0.436. The van der Waals surface area contributed by atoms with E-state index in [1.54, 1.807) is 7.11 Å². The van der Waals surface area contributed by atoms with Crippen molar-refractivity contribution in [2.24, 2.45) is 5.92 Å². The Labute approximate surface area is 195 Å². The Bertz CT molecular complexity index is 1060. The van der Waals surface area contributed by atoms with Crippen LogP contribution in [0.2, 0.25) is 0 Å². The van der Waals surface area contributed by atoms with Gasteiger partial charge in [0.25, 0.3) is 0 Å². The lowest BCUT2D eigenvalue weighted by molar-refractivity contribution is -0.137. The average molecular weight is 480 g/mol. The van der Waals surface area contributed by atoms with E-state index in [-0.39, 0.29) is 41.1 Å². The van der Waals surface area contributed by atoms with Crippen molar-refractivity contribution in [1.29, 1.82) is 0 Å². The Morgan fingerprint density at radius 3 is 2.74 bits per heavy atom. The van der Waals surface area contributed by atoms with Crippen LogP contribution < -0.4 is 10.6 Å². The first kappa shape index (κ1) is 24.2. The summed E-state index contributed by atoms with van der Waals surface area (Å²) >= 11 is 0. The van der Waals surface area contributed by atoms with Crippen LogP contribution in [-0.4, -0.2) is 65.1 Å². The molecule has 1 saturated carbocycles. The predicted molar refractivity (Wildman–Crippen MR) is 119 cm³/mol. The van der Waals surface area contributed by atoms with E-state index in [2.05, 4.69) is 20.6 Å². The number of likely N-dealkylation sites (tertiary alicyclic amines) is 1. The molecule has 11 heteroatoms. The molecule has 2 fully saturated rings. The molecular weight excluding hydrogens is 451 g/mol. The second-order valence-electron chi connectivity index (χ2n) is 8.90. The van der Waals surface area contributed by atoms with Crippen LogP contribution in [0.15, 0.2) is 24.5 Å². The monoisotopic (exact) mass is 479 g/mol. The molecule has 1 aliphatic carbocycles. The standard InChI is InChI=1S/C23H28F3N5O3/c1-13(32)27-11-14-9-16(34-2)4-6-20(14)31-8-7-19(22(31)33)30-21-17-10-15(23(24,25)26)3-5-18(17)28-12-29-21/h3,5,10,12,14,16,19-20H,4,6-9,11H2,1-2H3,(H,27,32)(H,28,29,30)/t14-,16+,19?,20-/m0/s1. The molecule has 0 radical (unpaired) electrons. The number of methoxy groups -OCH3 is 1. The molecule has 2 aliphatic rings. The molecule has 1 unspecified atom stereocenters. The number of benzene rings is 1. The zero-order chi connectivity index (χ0) is 24.5. The van der Waals surface area contributed by atoms with Crippen molar-refractivity contribution in [3.63, 3.8) is 0 Å². The fourth-order valence-electron chi connectivity index (χ4n) is 5.00. The van der Waals surface area contributed by atoms with Crippen molar-refractivity contribution in [3.05, 3.63) is 30.1 Å². The van der Waals surface area contributed by atoms with Crippen LogP contribution in [0.4, 0.5) is 19.0 Å². The van der Waals surface area contributed by atoms with Gasteiger partial charge in [-0.15, -0.1) is 0 Å². The highest BCUT2D eigenvalue weighted by atomic mass is 19.4. The van der Waals surface area contributed by atoms with Crippen LogP contribution in [0.1, 0.15) is 38.2 Å². The van der Waals surface area contributed by atoms with E-state index >= 15 is 0 Å². The summed E-state index contributed by atoms with van der Waals surface area (Å²) in [4.78, 5) is 34.8. The van der Waals surface area contributed by atoms with Crippen molar-refractivity contribution >= 4 is 28.5 Å². The van der Waals surface area contributed by atoms with E-state index in [1.165, 1.54) is 19.3 Å². The molecule has 0 spiro atoms. The first-order valence-electron chi connectivity index (χ1n) is 11.3. The predicted octanol–water partition coefficient (Wildman–Crippen LogP) is 2.98. The number of amides is 2. The van der Waals surface area contributed by atoms with Crippen LogP contribution in [0, 0.1) is 5.92 Å². The molecule has 2 N–H and O–H groups in total. The number of aromatic nitrogens is 2. The van der Waals surface area contributed by atoms with Crippen LogP contribution in [-0.2, 0) is 20.5 Å². The van der Waals surface area contributed by atoms with E-state index in [0.29, 0.717) is 25.0 Å². The van der Waals surface area contributed by atoms with E-state index in [0.717, 1.165) is 31.4 Å². The molecule has 1 aliphatic heterocycles. The van der Waals surface area contributed by atoms with Crippen molar-refractivity contribution in [1.82, 2.24) is 20.2 Å². The number of alkyl halides is 3. The second-order valence-corrected chi connectivity index (χ2v) is 8.90. The fourth-order valence-corrected chi connectivity index (χ4v) is 5.00. The summed E-state index contributed by atoms with van der Waals surface area (Å²) in [6, 6.07) is 2.64. The van der Waals surface area contributed by atoms with Gasteiger partial charge >= 0.3 is 6.18 Å². The number of anilines is 1. The summed E-state index contributed by atoms with van der Waals surface area (Å²) in [7, 11) is 1.66. The third-order valence-corrected chi connectivity index (χ3v) is 6.75. The molecular formula is C23H28F3N5O3. The van der Waals surface area contributed by atoms with Gasteiger partial charge in [0, 0.05) is 38.6 Å². The molecule has 8 nitrogen and oxygen atoms in total. The second kappa shape index (κ2) is 9.73. The quantitative estimate of drug-likeness (QED) is 0.662. The van der Waals surface area contributed by atoms with Crippen molar-refractivity contribution in [2.45, 2.75) is 57.0 Å². The summed E-state index contributed by atoms with van der Waals surface area (Å²) in [5, 5.41) is 6.14. The van der Waals surface area contributed by atoms with Gasteiger partial charge in [-0.1, -0.05) is 0 Å². The van der Waals surface area contributed by atoms with Gasteiger partial charge < -0.3 is 20.3 Å². The summed E-state index contributed by atoms with van der Waals surface area (Å²) in [6.45, 7) is 2.44. The number of rotatable bonds is 6. The number of carbonyl (C=O) groups excluding carboxylic acids is 2. The van der Waals surface area contributed by atoms with Gasteiger partial charge in [-0.25, -0.2) is 9.97 Å². The summed E-state index contributed by atoms with van der Waals surface area (Å²) < 4.78 is 45.2. The Kier molecular flexibility index (Phi) is 6.92.